The van der Waals surface area contributed by atoms with E-state index in [0.717, 1.165) is 5.56 Å². The molecule has 2 rings (SSSR count). The van der Waals surface area contributed by atoms with Gasteiger partial charge >= 0.3 is 11.9 Å². The van der Waals surface area contributed by atoms with E-state index < -0.39 is 11.9 Å². The van der Waals surface area contributed by atoms with Crippen molar-refractivity contribution in [2.75, 3.05) is 6.54 Å². The van der Waals surface area contributed by atoms with Crippen LogP contribution in [0.1, 0.15) is 18.1 Å². The van der Waals surface area contributed by atoms with Gasteiger partial charge in [-0.3, -0.25) is 0 Å². The van der Waals surface area contributed by atoms with Crippen molar-refractivity contribution in [1.82, 2.24) is 0 Å². The number of halogens is 1. The summed E-state index contributed by atoms with van der Waals surface area (Å²) < 4.78 is 18.9. The third-order valence-electron chi connectivity index (χ3n) is 2.86. The van der Waals surface area contributed by atoms with Crippen molar-refractivity contribution in [2.24, 2.45) is 5.73 Å². The quantitative estimate of drug-likeness (QED) is 0.724. The van der Waals surface area contributed by atoms with E-state index in [0.29, 0.717) is 18.7 Å². The van der Waals surface area contributed by atoms with Crippen molar-refractivity contribution in [3.63, 3.8) is 0 Å². The molecule has 0 fully saturated rings. The highest BCUT2D eigenvalue weighted by molar-refractivity contribution is 6.27. The summed E-state index contributed by atoms with van der Waals surface area (Å²) in [6, 6.07) is 16.0. The van der Waals surface area contributed by atoms with E-state index >= 15 is 0 Å². The minimum absolute atomic E-state index is 0.141. The van der Waals surface area contributed by atoms with Gasteiger partial charge in [0.25, 0.3) is 0 Å². The van der Waals surface area contributed by atoms with Gasteiger partial charge in [-0.2, -0.15) is 0 Å². The summed E-state index contributed by atoms with van der Waals surface area (Å²) in [4.78, 5) is 18.2. The molecule has 2 aromatic carbocycles. The number of benzene rings is 2. The number of carbonyl (C=O) groups is 2. The molecule has 0 aliphatic carbocycles. The molecule has 0 amide bonds. The maximum atomic E-state index is 13.1. The highest BCUT2D eigenvalue weighted by atomic mass is 19.1. The van der Waals surface area contributed by atoms with E-state index in [-0.39, 0.29) is 11.9 Å². The molecular formula is C17H18FNO5. The van der Waals surface area contributed by atoms with E-state index in [2.05, 4.69) is 0 Å². The van der Waals surface area contributed by atoms with Crippen LogP contribution in [0.2, 0.25) is 0 Å². The average molecular weight is 335 g/mol. The maximum absolute atomic E-state index is 13.1. The summed E-state index contributed by atoms with van der Waals surface area (Å²) in [6.07, 6.45) is 0.554. The zero-order valence-electron chi connectivity index (χ0n) is 12.8. The Bertz CT molecular complexity index is 651. The summed E-state index contributed by atoms with van der Waals surface area (Å²) >= 11 is 0. The van der Waals surface area contributed by atoms with Gasteiger partial charge in [0, 0.05) is 12.5 Å². The van der Waals surface area contributed by atoms with Crippen molar-refractivity contribution in [3.8, 4) is 5.75 Å². The molecule has 0 bridgehead atoms. The smallest absolute Gasteiger partial charge is 0.414 e. The SMILES string of the molecule is NCCC(Oc1cccc(F)c1)c1ccccc1.O=C(O)C(=O)O. The second kappa shape index (κ2) is 9.96. The monoisotopic (exact) mass is 335 g/mol. The average Bonchev–Trinajstić information content (AvgIpc) is 2.56. The Hall–Kier alpha value is -2.93. The number of nitrogens with two attached hydrogens (primary N) is 1. The fourth-order valence-electron chi connectivity index (χ4n) is 1.82. The van der Waals surface area contributed by atoms with Crippen LogP contribution in [-0.2, 0) is 9.59 Å². The van der Waals surface area contributed by atoms with Crippen LogP contribution in [-0.4, -0.2) is 28.7 Å². The van der Waals surface area contributed by atoms with Gasteiger partial charge in [0.1, 0.15) is 17.7 Å². The summed E-state index contributed by atoms with van der Waals surface area (Å²) in [5.41, 5.74) is 6.64. The highest BCUT2D eigenvalue weighted by Gasteiger charge is 2.12. The van der Waals surface area contributed by atoms with E-state index in [4.69, 9.17) is 30.3 Å². The summed E-state index contributed by atoms with van der Waals surface area (Å²) in [5, 5.41) is 14.8. The van der Waals surface area contributed by atoms with Crippen LogP contribution < -0.4 is 10.5 Å². The Balaban J connectivity index is 0.000000413. The first-order valence-electron chi connectivity index (χ1n) is 7.07. The third-order valence-corrected chi connectivity index (χ3v) is 2.86. The fraction of sp³-hybridized carbons (Fsp3) is 0.176. The van der Waals surface area contributed by atoms with Gasteiger partial charge in [-0.25, -0.2) is 14.0 Å². The second-order valence-corrected chi connectivity index (χ2v) is 4.66. The molecule has 0 saturated heterocycles. The van der Waals surface area contributed by atoms with Crippen LogP contribution >= 0.6 is 0 Å². The number of ether oxygens (including phenoxy) is 1. The maximum Gasteiger partial charge on any atom is 0.414 e. The number of hydrogen-bond donors (Lipinski definition) is 3. The summed E-state index contributed by atoms with van der Waals surface area (Å²) in [5.74, 6) is -3.42. The standard InChI is InChI=1S/C15H16FNO.C2H2O4/c16-13-7-4-8-14(11-13)18-15(9-10-17)12-5-2-1-3-6-12;3-1(4)2(5)6/h1-8,11,15H,9-10,17H2;(H,3,4)(H,5,6). The normalized spacial score (nSPS) is 10.9. The number of aliphatic carboxylic acids is 2. The molecule has 1 unspecified atom stereocenters. The minimum atomic E-state index is -1.82. The first kappa shape index (κ1) is 19.1. The lowest BCUT2D eigenvalue weighted by Gasteiger charge is -2.19. The molecule has 0 saturated carbocycles. The molecule has 0 aliphatic rings. The Kier molecular flexibility index (Phi) is 7.93. The number of rotatable bonds is 5. The lowest BCUT2D eigenvalue weighted by molar-refractivity contribution is -0.159. The molecule has 128 valence electrons. The van der Waals surface area contributed by atoms with E-state index in [1.54, 1.807) is 12.1 Å². The van der Waals surface area contributed by atoms with Crippen LogP contribution in [0.25, 0.3) is 0 Å². The van der Waals surface area contributed by atoms with E-state index in [9.17, 15) is 4.39 Å². The van der Waals surface area contributed by atoms with Crippen LogP contribution in [0.5, 0.6) is 5.75 Å². The molecule has 0 radical (unpaired) electrons. The Morgan fingerprint density at radius 1 is 1.04 bits per heavy atom. The lowest BCUT2D eigenvalue weighted by Crippen LogP contribution is -2.13. The molecule has 2 aromatic rings. The van der Waals surface area contributed by atoms with Crippen LogP contribution in [0.15, 0.2) is 54.6 Å². The summed E-state index contributed by atoms with van der Waals surface area (Å²) in [6.45, 7) is 0.523. The van der Waals surface area contributed by atoms with Crippen LogP contribution in [0.4, 0.5) is 4.39 Å². The van der Waals surface area contributed by atoms with Gasteiger partial charge in [-0.1, -0.05) is 36.4 Å². The number of carboxylic acid groups (broad SMARTS) is 2. The topological polar surface area (TPSA) is 110 Å². The van der Waals surface area contributed by atoms with Crippen LogP contribution in [0.3, 0.4) is 0 Å². The molecule has 1 atom stereocenters. The Morgan fingerprint density at radius 2 is 1.67 bits per heavy atom. The molecule has 0 aromatic heterocycles. The number of carboxylic acids is 2. The predicted octanol–water partition coefficient (Wildman–Crippen LogP) is 2.45. The number of hydrogen-bond acceptors (Lipinski definition) is 4. The molecular weight excluding hydrogens is 317 g/mol. The molecule has 7 heteroatoms. The highest BCUT2D eigenvalue weighted by Crippen LogP contribution is 2.24. The Morgan fingerprint density at radius 3 is 2.17 bits per heavy atom. The van der Waals surface area contributed by atoms with Crippen LogP contribution in [0, 0.1) is 5.82 Å². The molecule has 0 spiro atoms. The first-order valence-corrected chi connectivity index (χ1v) is 7.07. The lowest BCUT2D eigenvalue weighted by atomic mass is 10.1. The Labute approximate surface area is 138 Å². The third kappa shape index (κ3) is 6.89. The fourth-order valence-corrected chi connectivity index (χ4v) is 1.82. The first-order chi connectivity index (χ1) is 11.4. The molecule has 0 aliphatic heterocycles. The summed E-state index contributed by atoms with van der Waals surface area (Å²) in [7, 11) is 0. The molecule has 24 heavy (non-hydrogen) atoms. The molecule has 4 N–H and O–H groups in total. The van der Waals surface area contributed by atoms with Gasteiger partial charge in [0.15, 0.2) is 0 Å². The largest absolute Gasteiger partial charge is 0.486 e. The zero-order chi connectivity index (χ0) is 17.9. The second-order valence-electron chi connectivity index (χ2n) is 4.66. The predicted molar refractivity (Wildman–Crippen MR) is 85.2 cm³/mol. The van der Waals surface area contributed by atoms with E-state index in [1.165, 1.54) is 12.1 Å². The van der Waals surface area contributed by atoms with Gasteiger partial charge < -0.3 is 20.7 Å². The van der Waals surface area contributed by atoms with Gasteiger partial charge in [0.05, 0.1) is 0 Å². The molecule has 0 heterocycles. The van der Waals surface area contributed by atoms with Crippen molar-refractivity contribution >= 4 is 11.9 Å². The van der Waals surface area contributed by atoms with Gasteiger partial charge in [-0.05, 0) is 24.2 Å². The minimum Gasteiger partial charge on any atom is -0.486 e. The van der Waals surface area contributed by atoms with Crippen molar-refractivity contribution < 1.29 is 28.9 Å². The zero-order valence-corrected chi connectivity index (χ0v) is 12.8. The molecule has 6 nitrogen and oxygen atoms in total. The van der Waals surface area contributed by atoms with Crippen molar-refractivity contribution in [2.45, 2.75) is 12.5 Å². The van der Waals surface area contributed by atoms with E-state index in [1.807, 2.05) is 30.3 Å². The van der Waals surface area contributed by atoms with Crippen molar-refractivity contribution in [3.05, 3.63) is 66.0 Å². The van der Waals surface area contributed by atoms with Crippen molar-refractivity contribution in [1.29, 1.82) is 0 Å². The van der Waals surface area contributed by atoms with Gasteiger partial charge in [-0.15, -0.1) is 0 Å². The van der Waals surface area contributed by atoms with Gasteiger partial charge in [0.2, 0.25) is 0 Å².